The number of nitrogens with zero attached hydrogens (tertiary/aromatic N) is 1. The smallest absolute Gasteiger partial charge is 0.335 e. The Bertz CT molecular complexity index is 1540. The number of aldehydes is 1. The van der Waals surface area contributed by atoms with Crippen molar-refractivity contribution < 1.29 is 59.2 Å². The van der Waals surface area contributed by atoms with Gasteiger partial charge in [0.25, 0.3) is 0 Å². The van der Waals surface area contributed by atoms with Crippen molar-refractivity contribution in [2.24, 2.45) is 52.2 Å². The van der Waals surface area contributed by atoms with Crippen LogP contribution in [-0.2, 0) is 28.6 Å². The van der Waals surface area contributed by atoms with Crippen LogP contribution in [0.3, 0.4) is 0 Å². The first-order valence-electron chi connectivity index (χ1n) is 22.1. The molecule has 1 amide bonds. The summed E-state index contributed by atoms with van der Waals surface area (Å²) in [4.78, 5) is 42.0. The molecule has 15 atom stereocenters. The van der Waals surface area contributed by atoms with Crippen LogP contribution < -0.4 is 11.1 Å². The van der Waals surface area contributed by atoms with E-state index in [9.17, 15) is 45.0 Å². The van der Waals surface area contributed by atoms with Crippen LogP contribution >= 0.6 is 0 Å². The van der Waals surface area contributed by atoms with Gasteiger partial charge in [0.1, 0.15) is 24.3 Å². The van der Waals surface area contributed by atoms with Gasteiger partial charge in [0.15, 0.2) is 36.1 Å². The zero-order valence-corrected chi connectivity index (χ0v) is 34.6. The number of primary amides is 1. The van der Waals surface area contributed by atoms with Crippen molar-refractivity contribution >= 4 is 24.4 Å². The van der Waals surface area contributed by atoms with E-state index in [4.69, 9.17) is 19.9 Å². The number of hydrogen-bond acceptors (Lipinski definition) is 13. The molecule has 3 aliphatic heterocycles. The minimum absolute atomic E-state index is 0.0107. The molecular formula is C44H68N3O12+. The third-order valence-electron chi connectivity index (χ3n) is 14.8. The maximum Gasteiger partial charge on any atom is 0.335 e. The Labute approximate surface area is 347 Å². The lowest BCUT2D eigenvalue weighted by atomic mass is 9.66. The van der Waals surface area contributed by atoms with Crippen LogP contribution in [0.15, 0.2) is 28.8 Å². The molecule has 5 fully saturated rings. The van der Waals surface area contributed by atoms with E-state index in [-0.39, 0.29) is 36.4 Å². The molecule has 3 heterocycles. The minimum Gasteiger partial charge on any atom is -0.479 e. The fraction of sp³-hybridized carbons (Fsp3) is 0.795. The summed E-state index contributed by atoms with van der Waals surface area (Å²) >= 11 is 0. The lowest BCUT2D eigenvalue weighted by molar-refractivity contribution is -0.363. The molecule has 0 aromatic heterocycles. The normalized spacial score (nSPS) is 42.4. The number of aliphatic hydroxyl groups is 5. The number of carbonyl (C=O) groups excluding carboxylic acids is 2. The number of carbonyl (C=O) groups is 3. The van der Waals surface area contributed by atoms with Crippen molar-refractivity contribution in [3.05, 3.63) is 30.3 Å². The summed E-state index contributed by atoms with van der Waals surface area (Å²) in [5.74, 6) is -1.91. The largest absolute Gasteiger partial charge is 0.479 e. The molecule has 3 saturated carbocycles. The maximum absolute atomic E-state index is 12.7. The van der Waals surface area contributed by atoms with E-state index in [1.807, 2.05) is 6.08 Å². The molecule has 6 rings (SSSR count). The molecule has 2 saturated heterocycles. The van der Waals surface area contributed by atoms with Crippen molar-refractivity contribution in [1.82, 2.24) is 5.32 Å². The number of allylic oxidation sites excluding steroid dienone is 3. The number of aliphatic hydroxyl groups excluding tert-OH is 3. The standard InChI is InChI=1S/C44H67N3O12/c1-3-27-8-4-5-9-28(27)10-6-7-25(2)30(19-26-17-18-46-21-26)22-47-23-43(55)42(59-38(41(53)54)39(51)44(43,56)24-48)57-32-15-16-33-34(20-32)58-37(40(45)52)35(36(33)50)29-11-13-31(49)14-12-29/h6,10,17-18,21,24-25,27-39,42,47,49-51,55-56H,3-5,7-9,11-16,19-20,22-23H2,1-2H3,(H2-,45,52,53,54)/p+1. The third-order valence-corrected chi connectivity index (χ3v) is 14.8. The van der Waals surface area contributed by atoms with E-state index in [1.165, 1.54) is 25.7 Å². The van der Waals surface area contributed by atoms with E-state index in [0.29, 0.717) is 63.3 Å². The third kappa shape index (κ3) is 9.99. The van der Waals surface area contributed by atoms with Gasteiger partial charge in [-0.2, -0.15) is 0 Å². The number of rotatable bonds is 17. The van der Waals surface area contributed by atoms with Gasteiger partial charge in [0, 0.05) is 31.2 Å². The van der Waals surface area contributed by atoms with E-state index in [0.717, 1.165) is 18.4 Å². The molecular weight excluding hydrogens is 762 g/mol. The summed E-state index contributed by atoms with van der Waals surface area (Å²) < 4.78 is 18.3. The zero-order chi connectivity index (χ0) is 42.5. The first-order chi connectivity index (χ1) is 28.2. The molecule has 15 unspecified atom stereocenters. The zero-order valence-electron chi connectivity index (χ0n) is 34.6. The van der Waals surface area contributed by atoms with Crippen molar-refractivity contribution in [3.63, 3.8) is 0 Å². The van der Waals surface area contributed by atoms with E-state index < -0.39 is 84.6 Å². The fourth-order valence-electron chi connectivity index (χ4n) is 11.0. The van der Waals surface area contributed by atoms with Crippen molar-refractivity contribution in [2.75, 3.05) is 13.1 Å². The van der Waals surface area contributed by atoms with Gasteiger partial charge in [-0.05, 0) is 93.9 Å². The molecule has 0 bridgehead atoms. The fourth-order valence-corrected chi connectivity index (χ4v) is 11.0. The molecule has 0 spiro atoms. The van der Waals surface area contributed by atoms with Gasteiger partial charge in [-0.1, -0.05) is 45.3 Å². The number of carboxylic acid groups (broad SMARTS) is 1. The van der Waals surface area contributed by atoms with Crippen LogP contribution in [0.1, 0.15) is 104 Å². The molecule has 0 radical (unpaired) electrons. The van der Waals surface area contributed by atoms with Crippen molar-refractivity contribution in [2.45, 2.75) is 164 Å². The summed E-state index contributed by atoms with van der Waals surface area (Å²) in [5, 5.41) is 70.1. The second-order valence-electron chi connectivity index (χ2n) is 18.4. The number of amides is 1. The van der Waals surface area contributed by atoms with Crippen molar-refractivity contribution in [3.8, 4) is 0 Å². The summed E-state index contributed by atoms with van der Waals surface area (Å²) in [6, 6.07) is 0. The Morgan fingerprint density at radius 3 is 2.47 bits per heavy atom. The van der Waals surface area contributed by atoms with Crippen LogP contribution in [0, 0.1) is 48.0 Å². The Balaban J connectivity index is 1.17. The van der Waals surface area contributed by atoms with Crippen LogP contribution in [0.5, 0.6) is 0 Å². The Kier molecular flexibility index (Phi) is 15.5. The molecule has 3 aliphatic carbocycles. The SMILES string of the molecule is CCC1CCCCC1C=CCC(C)C(CNCC1(O)C(OC2CCC3C(C2)OC(C(N)=O)C(C2CCC(O)CC2)C3O)OC(C(=O)O)C(O)C1(O)C=O)CC1=C[CH+]N=C1. The molecule has 15 heteroatoms. The summed E-state index contributed by atoms with van der Waals surface area (Å²) in [6.07, 6.45) is 8.85. The summed E-state index contributed by atoms with van der Waals surface area (Å²) in [5.41, 5.74) is 1.17. The number of carboxylic acids is 1. The highest BCUT2D eigenvalue weighted by Crippen LogP contribution is 2.47. The van der Waals surface area contributed by atoms with E-state index >= 15 is 0 Å². The minimum atomic E-state index is -3.02. The number of aliphatic imine (C=N–C) groups is 1. The average molecular weight is 831 g/mol. The van der Waals surface area contributed by atoms with Crippen LogP contribution in [-0.4, -0.2) is 128 Å². The van der Waals surface area contributed by atoms with Gasteiger partial charge < -0.3 is 55.9 Å². The highest BCUT2D eigenvalue weighted by Gasteiger charge is 2.67. The molecule has 0 aromatic carbocycles. The van der Waals surface area contributed by atoms with Crippen LogP contribution in [0.25, 0.3) is 0 Å². The number of hydrogen-bond donors (Lipinski definition) is 8. The number of nitrogens with two attached hydrogens (primary N) is 1. The molecule has 15 nitrogen and oxygen atoms in total. The molecule has 59 heavy (non-hydrogen) atoms. The lowest BCUT2D eigenvalue weighted by Gasteiger charge is -2.54. The Morgan fingerprint density at radius 1 is 1.07 bits per heavy atom. The molecule has 0 aromatic rings. The van der Waals surface area contributed by atoms with Gasteiger partial charge in [-0.3, -0.25) is 9.59 Å². The van der Waals surface area contributed by atoms with Gasteiger partial charge in [-0.25, -0.2) is 4.79 Å². The van der Waals surface area contributed by atoms with Gasteiger partial charge >= 0.3 is 5.97 Å². The van der Waals surface area contributed by atoms with Gasteiger partial charge in [-0.15, -0.1) is 4.99 Å². The number of ether oxygens (including phenoxy) is 3. The molecule has 6 aliphatic rings. The summed E-state index contributed by atoms with van der Waals surface area (Å²) in [6.45, 7) is 5.95. The van der Waals surface area contributed by atoms with E-state index in [2.05, 4.69) is 36.3 Å². The monoisotopic (exact) mass is 830 g/mol. The Morgan fingerprint density at radius 2 is 1.81 bits per heavy atom. The summed E-state index contributed by atoms with van der Waals surface area (Å²) in [7, 11) is 0. The van der Waals surface area contributed by atoms with Crippen molar-refractivity contribution in [1.29, 1.82) is 0 Å². The van der Waals surface area contributed by atoms with E-state index in [1.54, 1.807) is 12.8 Å². The lowest BCUT2D eigenvalue weighted by Crippen LogP contribution is -2.79. The van der Waals surface area contributed by atoms with Crippen LogP contribution in [0.2, 0.25) is 0 Å². The van der Waals surface area contributed by atoms with Gasteiger partial charge in [0.05, 0.1) is 30.5 Å². The second kappa shape index (κ2) is 20.0. The quantitative estimate of drug-likeness (QED) is 0.0597. The predicted octanol–water partition coefficient (Wildman–Crippen LogP) is 2.35. The molecule has 9 N–H and O–H groups in total. The highest BCUT2D eigenvalue weighted by molar-refractivity contribution is 5.82. The average Bonchev–Trinajstić information content (AvgIpc) is 3.74. The Hall–Kier alpha value is -2.73. The second-order valence-corrected chi connectivity index (χ2v) is 18.4. The predicted molar refractivity (Wildman–Crippen MR) is 216 cm³/mol. The number of aliphatic carboxylic acids is 1. The molecule has 330 valence electrons. The maximum atomic E-state index is 12.7. The highest BCUT2D eigenvalue weighted by atomic mass is 16.7. The van der Waals surface area contributed by atoms with Crippen LogP contribution in [0.4, 0.5) is 0 Å². The topological polar surface area (TPSA) is 251 Å². The number of fused-ring (bicyclic) bond motifs is 1. The first kappa shape index (κ1) is 45.8. The van der Waals surface area contributed by atoms with Gasteiger partial charge in [0.2, 0.25) is 5.91 Å². The first-order valence-corrected chi connectivity index (χ1v) is 22.1. The number of nitrogens with one attached hydrogen (secondary N) is 1.